The smallest absolute Gasteiger partial charge is 0.254 e. The molecule has 186 valence electrons. The number of methoxy groups -OCH3 is 1. The molecule has 0 radical (unpaired) electrons. The number of hydrogen-bond donors (Lipinski definition) is 1. The molecule has 0 spiro atoms. The maximum Gasteiger partial charge on any atom is 0.254 e. The lowest BCUT2D eigenvalue weighted by Crippen LogP contribution is -2.43. The molecule has 6 nitrogen and oxygen atoms in total. The van der Waals surface area contributed by atoms with Gasteiger partial charge in [-0.15, -0.1) is 0 Å². The Morgan fingerprint density at radius 1 is 0.833 bits per heavy atom. The van der Waals surface area contributed by atoms with Crippen LogP contribution in [-0.4, -0.2) is 53.3 Å². The van der Waals surface area contributed by atoms with Crippen LogP contribution in [0.15, 0.2) is 85.1 Å². The van der Waals surface area contributed by atoms with Gasteiger partial charge < -0.3 is 19.5 Å². The molecule has 0 saturated carbocycles. The summed E-state index contributed by atoms with van der Waals surface area (Å²) in [7, 11) is 1.64. The summed E-state index contributed by atoms with van der Waals surface area (Å²) in [5.41, 5.74) is 3.77. The second-order valence-electron chi connectivity index (χ2n) is 8.83. The molecule has 0 fully saturated rings. The van der Waals surface area contributed by atoms with Crippen LogP contribution in [-0.2, 0) is 17.8 Å². The Hall–Kier alpha value is -4.06. The van der Waals surface area contributed by atoms with Crippen LogP contribution in [0.1, 0.15) is 34.8 Å². The Morgan fingerprint density at radius 3 is 2.33 bits per heavy atom. The van der Waals surface area contributed by atoms with Crippen LogP contribution in [0.3, 0.4) is 0 Å². The van der Waals surface area contributed by atoms with Crippen LogP contribution in [0.2, 0.25) is 0 Å². The summed E-state index contributed by atoms with van der Waals surface area (Å²) in [6, 6.07) is 25.1. The van der Waals surface area contributed by atoms with E-state index < -0.39 is 0 Å². The number of carbonyl (C=O) groups excluding carboxylic acids is 2. The topological polar surface area (TPSA) is 65.6 Å². The van der Waals surface area contributed by atoms with E-state index in [0.717, 1.165) is 34.2 Å². The summed E-state index contributed by atoms with van der Waals surface area (Å²) in [5, 5.41) is 1.16. The Labute approximate surface area is 212 Å². The van der Waals surface area contributed by atoms with Crippen LogP contribution in [0, 0.1) is 0 Å². The SMILES string of the molecule is CCCN(CC(=O)N(CCc1c[nH]c2ccccc12)Cc1ccccc1OC)C(=O)c1ccccc1. The Morgan fingerprint density at radius 2 is 1.56 bits per heavy atom. The summed E-state index contributed by atoms with van der Waals surface area (Å²) in [6.07, 6.45) is 3.48. The maximum atomic E-state index is 13.7. The molecule has 0 atom stereocenters. The quantitative estimate of drug-likeness (QED) is 0.315. The number of rotatable bonds is 11. The normalized spacial score (nSPS) is 10.8. The average molecular weight is 484 g/mol. The van der Waals surface area contributed by atoms with Gasteiger partial charge in [0.15, 0.2) is 0 Å². The fourth-order valence-electron chi connectivity index (χ4n) is 4.47. The monoisotopic (exact) mass is 483 g/mol. The second kappa shape index (κ2) is 12.1. The second-order valence-corrected chi connectivity index (χ2v) is 8.83. The number of amides is 2. The van der Waals surface area contributed by atoms with Crippen LogP contribution < -0.4 is 4.74 Å². The van der Waals surface area contributed by atoms with Crippen molar-refractivity contribution in [2.45, 2.75) is 26.3 Å². The van der Waals surface area contributed by atoms with Crippen molar-refractivity contribution in [1.29, 1.82) is 0 Å². The molecule has 3 aromatic carbocycles. The van der Waals surface area contributed by atoms with Gasteiger partial charge in [-0.25, -0.2) is 0 Å². The van der Waals surface area contributed by atoms with Crippen molar-refractivity contribution >= 4 is 22.7 Å². The van der Waals surface area contributed by atoms with Crippen LogP contribution in [0.25, 0.3) is 10.9 Å². The van der Waals surface area contributed by atoms with Gasteiger partial charge >= 0.3 is 0 Å². The van der Waals surface area contributed by atoms with Crippen LogP contribution in [0.5, 0.6) is 5.75 Å². The first-order chi connectivity index (χ1) is 17.6. The van der Waals surface area contributed by atoms with Gasteiger partial charge in [0.05, 0.1) is 7.11 Å². The molecule has 4 rings (SSSR count). The van der Waals surface area contributed by atoms with Gasteiger partial charge in [-0.2, -0.15) is 0 Å². The van der Waals surface area contributed by atoms with Crippen molar-refractivity contribution in [3.63, 3.8) is 0 Å². The molecule has 0 aliphatic heterocycles. The number of aromatic amines is 1. The first-order valence-electron chi connectivity index (χ1n) is 12.4. The zero-order valence-corrected chi connectivity index (χ0v) is 20.9. The molecule has 0 aliphatic carbocycles. The molecule has 2 amide bonds. The van der Waals surface area contributed by atoms with Crippen molar-refractivity contribution in [3.8, 4) is 5.75 Å². The number of carbonyl (C=O) groups is 2. The average Bonchev–Trinajstić information content (AvgIpc) is 3.34. The van der Waals surface area contributed by atoms with E-state index in [1.165, 1.54) is 0 Å². The lowest BCUT2D eigenvalue weighted by molar-refractivity contribution is -0.132. The number of para-hydroxylation sites is 2. The minimum absolute atomic E-state index is 0.0323. The van der Waals surface area contributed by atoms with Gasteiger partial charge in [0.25, 0.3) is 5.91 Å². The molecule has 0 bridgehead atoms. The van der Waals surface area contributed by atoms with E-state index >= 15 is 0 Å². The Balaban J connectivity index is 1.56. The van der Waals surface area contributed by atoms with E-state index in [1.807, 2.05) is 72.6 Å². The van der Waals surface area contributed by atoms with E-state index in [0.29, 0.717) is 31.6 Å². The minimum atomic E-state index is -0.125. The number of benzene rings is 3. The van der Waals surface area contributed by atoms with Crippen molar-refractivity contribution in [3.05, 3.63) is 102 Å². The highest BCUT2D eigenvalue weighted by atomic mass is 16.5. The van der Waals surface area contributed by atoms with E-state index in [9.17, 15) is 9.59 Å². The van der Waals surface area contributed by atoms with E-state index in [1.54, 1.807) is 24.1 Å². The third kappa shape index (κ3) is 5.95. The van der Waals surface area contributed by atoms with E-state index in [4.69, 9.17) is 4.74 Å². The van der Waals surface area contributed by atoms with Gasteiger partial charge in [-0.3, -0.25) is 9.59 Å². The molecular formula is C30H33N3O3. The first kappa shape index (κ1) is 25.0. The molecule has 0 aliphatic rings. The molecule has 0 saturated heterocycles. The molecule has 6 heteroatoms. The fourth-order valence-corrected chi connectivity index (χ4v) is 4.47. The first-order valence-corrected chi connectivity index (χ1v) is 12.4. The molecule has 1 heterocycles. The number of nitrogens with one attached hydrogen (secondary N) is 1. The predicted molar refractivity (Wildman–Crippen MR) is 143 cm³/mol. The third-order valence-corrected chi connectivity index (χ3v) is 6.36. The van der Waals surface area contributed by atoms with E-state index in [2.05, 4.69) is 17.1 Å². The summed E-state index contributed by atoms with van der Waals surface area (Å²) < 4.78 is 5.54. The lowest BCUT2D eigenvalue weighted by atomic mass is 10.1. The highest BCUT2D eigenvalue weighted by Gasteiger charge is 2.23. The molecule has 36 heavy (non-hydrogen) atoms. The third-order valence-electron chi connectivity index (χ3n) is 6.36. The largest absolute Gasteiger partial charge is 0.496 e. The van der Waals surface area contributed by atoms with Gasteiger partial charge in [-0.1, -0.05) is 61.5 Å². The fraction of sp³-hybridized carbons (Fsp3) is 0.267. The number of ether oxygens (including phenoxy) is 1. The van der Waals surface area contributed by atoms with Crippen molar-refractivity contribution in [2.75, 3.05) is 26.7 Å². The maximum absolute atomic E-state index is 13.7. The van der Waals surface area contributed by atoms with Gasteiger partial charge in [0.2, 0.25) is 5.91 Å². The zero-order chi connectivity index (χ0) is 25.3. The number of nitrogens with zero attached hydrogens (tertiary/aromatic N) is 2. The molecule has 0 unspecified atom stereocenters. The summed E-state index contributed by atoms with van der Waals surface area (Å²) in [6.45, 7) is 3.50. The lowest BCUT2D eigenvalue weighted by Gasteiger charge is -2.28. The summed E-state index contributed by atoms with van der Waals surface area (Å²) in [4.78, 5) is 33.6. The van der Waals surface area contributed by atoms with Gasteiger partial charge in [0.1, 0.15) is 12.3 Å². The molecule has 1 N–H and O–H groups in total. The zero-order valence-electron chi connectivity index (χ0n) is 20.9. The van der Waals surface area contributed by atoms with Crippen molar-refractivity contribution in [2.24, 2.45) is 0 Å². The Kier molecular flexibility index (Phi) is 8.40. The van der Waals surface area contributed by atoms with Crippen LogP contribution in [0.4, 0.5) is 0 Å². The Bertz CT molecular complexity index is 1300. The molecule has 1 aromatic heterocycles. The highest BCUT2D eigenvalue weighted by Crippen LogP contribution is 2.22. The van der Waals surface area contributed by atoms with Crippen molar-refractivity contribution < 1.29 is 14.3 Å². The molecular weight excluding hydrogens is 450 g/mol. The number of hydrogen-bond acceptors (Lipinski definition) is 3. The summed E-state index contributed by atoms with van der Waals surface area (Å²) >= 11 is 0. The minimum Gasteiger partial charge on any atom is -0.496 e. The standard InChI is InChI=1S/C30H33N3O3/c1-3-18-33(30(35)23-11-5-4-6-12-23)22-29(34)32(21-25-13-7-10-16-28(25)36-2)19-17-24-20-31-27-15-9-8-14-26(24)27/h4-16,20,31H,3,17-19,21-22H2,1-2H3. The van der Waals surface area contributed by atoms with Gasteiger partial charge in [-0.05, 0) is 42.7 Å². The van der Waals surface area contributed by atoms with Gasteiger partial charge in [0, 0.05) is 47.9 Å². The van der Waals surface area contributed by atoms with Crippen LogP contribution >= 0.6 is 0 Å². The number of H-pyrrole nitrogens is 1. The number of aromatic nitrogens is 1. The predicted octanol–water partition coefficient (Wildman–Crippen LogP) is 5.30. The molecule has 4 aromatic rings. The van der Waals surface area contributed by atoms with E-state index in [-0.39, 0.29) is 18.4 Å². The van der Waals surface area contributed by atoms with Crippen molar-refractivity contribution in [1.82, 2.24) is 14.8 Å². The highest BCUT2D eigenvalue weighted by molar-refractivity contribution is 5.96. The number of fused-ring (bicyclic) bond motifs is 1. The summed E-state index contributed by atoms with van der Waals surface area (Å²) in [5.74, 6) is 0.534.